The summed E-state index contributed by atoms with van der Waals surface area (Å²) in [5.41, 5.74) is 2.29. The molecule has 0 aromatic heterocycles. The highest BCUT2D eigenvalue weighted by Gasteiger charge is 2.38. The van der Waals surface area contributed by atoms with Crippen molar-refractivity contribution >= 4 is 0 Å². The molecule has 4 nitrogen and oxygen atoms in total. The van der Waals surface area contributed by atoms with Gasteiger partial charge < -0.3 is 10.1 Å². The molecule has 1 aliphatic heterocycles. The van der Waals surface area contributed by atoms with Gasteiger partial charge in [0.15, 0.2) is 0 Å². The van der Waals surface area contributed by atoms with Crippen molar-refractivity contribution in [2.24, 2.45) is 0 Å². The van der Waals surface area contributed by atoms with E-state index in [4.69, 9.17) is 10.00 Å². The van der Waals surface area contributed by atoms with Gasteiger partial charge in [-0.25, -0.2) is 0 Å². The van der Waals surface area contributed by atoms with E-state index in [0.29, 0.717) is 5.54 Å². The molecule has 0 radical (unpaired) electrons. The fraction of sp³-hybridized carbons (Fsp3) is 0.632. The summed E-state index contributed by atoms with van der Waals surface area (Å²) in [4.78, 5) is 2.67. The highest BCUT2D eigenvalue weighted by atomic mass is 16.5. The van der Waals surface area contributed by atoms with Gasteiger partial charge in [-0.1, -0.05) is 31.4 Å². The lowest BCUT2D eigenvalue weighted by molar-refractivity contribution is -0.0369. The summed E-state index contributed by atoms with van der Waals surface area (Å²) in [6, 6.07) is 10.1. The molecular weight excluding hydrogens is 286 g/mol. The lowest BCUT2D eigenvalue weighted by Crippen LogP contribution is -2.59. The number of ether oxygens (including phenoxy) is 1. The molecule has 1 heterocycles. The van der Waals surface area contributed by atoms with Crippen LogP contribution in [0.2, 0.25) is 0 Å². The zero-order valence-electron chi connectivity index (χ0n) is 13.9. The maximum absolute atomic E-state index is 8.87. The number of hydrogen-bond donors (Lipinski definition) is 1. The van der Waals surface area contributed by atoms with Crippen molar-refractivity contribution in [3.05, 3.63) is 35.4 Å². The van der Waals surface area contributed by atoms with Crippen LogP contribution in [0.4, 0.5) is 0 Å². The van der Waals surface area contributed by atoms with Gasteiger partial charge in [0.05, 0.1) is 24.8 Å². The van der Waals surface area contributed by atoms with Crippen molar-refractivity contribution in [1.29, 1.82) is 5.26 Å². The van der Waals surface area contributed by atoms with Crippen LogP contribution >= 0.6 is 0 Å². The van der Waals surface area contributed by atoms with Crippen LogP contribution in [0.3, 0.4) is 0 Å². The Bertz CT molecular complexity index is 523. The quantitative estimate of drug-likeness (QED) is 0.908. The van der Waals surface area contributed by atoms with Gasteiger partial charge in [0.1, 0.15) is 0 Å². The second-order valence-corrected chi connectivity index (χ2v) is 6.80. The van der Waals surface area contributed by atoms with Crippen LogP contribution < -0.4 is 5.32 Å². The summed E-state index contributed by atoms with van der Waals surface area (Å²) < 4.78 is 5.54. The fourth-order valence-corrected chi connectivity index (χ4v) is 3.99. The largest absolute Gasteiger partial charge is 0.379 e. The molecule has 4 heteroatoms. The van der Waals surface area contributed by atoms with Gasteiger partial charge in [0, 0.05) is 31.7 Å². The molecule has 124 valence electrons. The first kappa shape index (κ1) is 16.4. The molecule has 3 rings (SSSR count). The molecule has 1 aliphatic carbocycles. The van der Waals surface area contributed by atoms with Gasteiger partial charge in [0.2, 0.25) is 0 Å². The number of nitrogens with one attached hydrogen (secondary N) is 1. The number of rotatable bonds is 5. The highest BCUT2D eigenvalue weighted by Crippen LogP contribution is 2.33. The minimum atomic E-state index is 0.314. The van der Waals surface area contributed by atoms with E-state index in [1.54, 1.807) is 0 Å². The van der Waals surface area contributed by atoms with E-state index in [-0.39, 0.29) is 0 Å². The predicted octanol–water partition coefficient (Wildman–Crippen LogP) is 2.68. The summed E-state index contributed by atoms with van der Waals surface area (Å²) in [5.74, 6) is 0. The van der Waals surface area contributed by atoms with Crippen LogP contribution in [0.15, 0.2) is 24.3 Å². The Labute approximate surface area is 139 Å². The van der Waals surface area contributed by atoms with Crippen molar-refractivity contribution in [2.75, 3.05) is 32.8 Å². The predicted molar refractivity (Wildman–Crippen MR) is 91.1 cm³/mol. The summed E-state index contributed by atoms with van der Waals surface area (Å²) in [6.07, 6.45) is 6.66. The number of hydrogen-bond acceptors (Lipinski definition) is 4. The summed E-state index contributed by atoms with van der Waals surface area (Å²) in [6.45, 7) is 5.80. The summed E-state index contributed by atoms with van der Waals surface area (Å²) in [5, 5.41) is 12.6. The lowest BCUT2D eigenvalue weighted by Gasteiger charge is -2.48. The zero-order chi connectivity index (χ0) is 16.0. The average molecular weight is 313 g/mol. The maximum Gasteiger partial charge on any atom is 0.0991 e. The third-order valence-corrected chi connectivity index (χ3v) is 5.33. The van der Waals surface area contributed by atoms with Gasteiger partial charge in [0.25, 0.3) is 0 Å². The Kier molecular flexibility index (Phi) is 5.66. The lowest BCUT2D eigenvalue weighted by atomic mass is 9.79. The number of benzene rings is 1. The highest BCUT2D eigenvalue weighted by molar-refractivity contribution is 5.31. The van der Waals surface area contributed by atoms with Crippen molar-refractivity contribution < 1.29 is 4.74 Å². The normalized spacial score (nSPS) is 21.7. The van der Waals surface area contributed by atoms with Gasteiger partial charge >= 0.3 is 0 Å². The standard InChI is InChI=1S/C19H27N3O/c20-14-17-4-6-18(7-5-17)15-21-16-19(8-2-1-3-9-19)22-10-12-23-13-11-22/h4-7,21H,1-3,8-13,15-16H2. The molecule has 0 amide bonds. The van der Waals surface area contributed by atoms with Crippen LogP contribution in [0.25, 0.3) is 0 Å². The van der Waals surface area contributed by atoms with E-state index < -0.39 is 0 Å². The van der Waals surface area contributed by atoms with Crippen LogP contribution in [0, 0.1) is 11.3 Å². The van der Waals surface area contributed by atoms with Crippen molar-refractivity contribution in [3.63, 3.8) is 0 Å². The number of nitriles is 1. The van der Waals surface area contributed by atoms with E-state index in [9.17, 15) is 0 Å². The van der Waals surface area contributed by atoms with E-state index in [2.05, 4.69) is 16.3 Å². The van der Waals surface area contributed by atoms with E-state index >= 15 is 0 Å². The molecule has 2 fully saturated rings. The first-order chi connectivity index (χ1) is 11.3. The summed E-state index contributed by atoms with van der Waals surface area (Å²) in [7, 11) is 0. The third-order valence-electron chi connectivity index (χ3n) is 5.33. The monoisotopic (exact) mass is 313 g/mol. The van der Waals surface area contributed by atoms with E-state index in [0.717, 1.165) is 45.0 Å². The SMILES string of the molecule is N#Cc1ccc(CNCC2(N3CCOCC3)CCCCC2)cc1. The van der Waals surface area contributed by atoms with Gasteiger partial charge in [-0.2, -0.15) is 5.26 Å². The van der Waals surface area contributed by atoms with Crippen molar-refractivity contribution in [1.82, 2.24) is 10.2 Å². The first-order valence-electron chi connectivity index (χ1n) is 8.85. The Morgan fingerprint density at radius 2 is 1.78 bits per heavy atom. The Morgan fingerprint density at radius 3 is 2.43 bits per heavy atom. The third kappa shape index (κ3) is 4.11. The van der Waals surface area contributed by atoms with E-state index in [1.807, 2.05) is 24.3 Å². The van der Waals surface area contributed by atoms with Gasteiger partial charge in [-0.05, 0) is 30.5 Å². The minimum absolute atomic E-state index is 0.314. The molecule has 0 spiro atoms. The van der Waals surface area contributed by atoms with Crippen LogP contribution in [0.1, 0.15) is 43.2 Å². The van der Waals surface area contributed by atoms with Crippen LogP contribution in [0.5, 0.6) is 0 Å². The molecule has 1 aromatic rings. The first-order valence-corrected chi connectivity index (χ1v) is 8.85. The summed E-state index contributed by atoms with van der Waals surface area (Å²) >= 11 is 0. The van der Waals surface area contributed by atoms with Crippen molar-refractivity contribution in [2.45, 2.75) is 44.2 Å². The van der Waals surface area contributed by atoms with Gasteiger partial charge in [-0.3, -0.25) is 4.90 Å². The second kappa shape index (κ2) is 7.92. The molecule has 2 aliphatic rings. The molecule has 0 bridgehead atoms. The Morgan fingerprint density at radius 1 is 1.09 bits per heavy atom. The zero-order valence-corrected chi connectivity index (χ0v) is 13.9. The smallest absolute Gasteiger partial charge is 0.0991 e. The molecular formula is C19H27N3O. The Balaban J connectivity index is 1.58. The molecule has 0 atom stereocenters. The molecule has 1 saturated heterocycles. The molecule has 1 saturated carbocycles. The minimum Gasteiger partial charge on any atom is -0.379 e. The maximum atomic E-state index is 8.87. The topological polar surface area (TPSA) is 48.3 Å². The molecule has 1 N–H and O–H groups in total. The van der Waals surface area contributed by atoms with Crippen LogP contribution in [-0.2, 0) is 11.3 Å². The number of morpholine rings is 1. The molecule has 1 aromatic carbocycles. The van der Waals surface area contributed by atoms with Gasteiger partial charge in [-0.15, -0.1) is 0 Å². The molecule has 23 heavy (non-hydrogen) atoms. The van der Waals surface area contributed by atoms with Crippen molar-refractivity contribution in [3.8, 4) is 6.07 Å². The second-order valence-electron chi connectivity index (χ2n) is 6.80. The molecule has 0 unspecified atom stereocenters. The Hall–Kier alpha value is -1.41. The van der Waals surface area contributed by atoms with Crippen LogP contribution in [-0.4, -0.2) is 43.3 Å². The fourth-order valence-electron chi connectivity index (χ4n) is 3.99. The average Bonchev–Trinajstić information content (AvgIpc) is 2.64. The van der Waals surface area contributed by atoms with E-state index in [1.165, 1.54) is 37.7 Å². The number of nitrogens with zero attached hydrogens (tertiary/aromatic N) is 2.